The lowest BCUT2D eigenvalue weighted by Gasteiger charge is -2.34. The molecule has 20 heavy (non-hydrogen) atoms. The van der Waals surface area contributed by atoms with Gasteiger partial charge in [-0.2, -0.15) is 0 Å². The monoisotopic (exact) mass is 287 g/mol. The minimum absolute atomic E-state index is 0.541. The van der Waals surface area contributed by atoms with Gasteiger partial charge in [0.2, 0.25) is 0 Å². The molecule has 108 valence electrons. The van der Waals surface area contributed by atoms with Gasteiger partial charge in [-0.25, -0.2) is 0 Å². The lowest BCUT2D eigenvalue weighted by molar-refractivity contribution is 0.226. The Morgan fingerprint density at radius 1 is 1.30 bits per heavy atom. The Labute approximate surface area is 126 Å². The van der Waals surface area contributed by atoms with Crippen molar-refractivity contribution in [2.75, 3.05) is 6.54 Å². The van der Waals surface area contributed by atoms with Gasteiger partial charge in [-0.1, -0.05) is 44.9 Å². The first-order valence-electron chi connectivity index (χ1n) is 7.99. The highest BCUT2D eigenvalue weighted by molar-refractivity contribution is 7.17. The second-order valence-corrected chi connectivity index (χ2v) is 7.17. The number of rotatable bonds is 4. The van der Waals surface area contributed by atoms with E-state index in [4.69, 9.17) is 0 Å². The number of hydrogen-bond donors (Lipinski definition) is 1. The molecule has 0 aliphatic heterocycles. The summed E-state index contributed by atoms with van der Waals surface area (Å²) in [4.78, 5) is 0. The number of thiophene rings is 1. The van der Waals surface area contributed by atoms with Crippen molar-refractivity contribution in [1.29, 1.82) is 0 Å². The number of benzene rings is 1. The molecule has 1 aromatic heterocycles. The zero-order valence-electron chi connectivity index (χ0n) is 12.6. The fourth-order valence-electron chi connectivity index (χ4n) is 3.77. The maximum Gasteiger partial charge on any atom is 0.0363 e. The van der Waals surface area contributed by atoms with Gasteiger partial charge >= 0.3 is 0 Å². The van der Waals surface area contributed by atoms with Crippen LogP contribution in [-0.2, 0) is 0 Å². The molecule has 2 heteroatoms. The normalized spacial score (nSPS) is 24.9. The van der Waals surface area contributed by atoms with Gasteiger partial charge in [0.15, 0.2) is 0 Å². The molecular weight excluding hydrogens is 262 g/mol. The van der Waals surface area contributed by atoms with Crippen LogP contribution in [0.15, 0.2) is 29.6 Å². The Bertz CT molecular complexity index is 559. The summed E-state index contributed by atoms with van der Waals surface area (Å²) in [5, 5.41) is 7.62. The maximum atomic E-state index is 3.77. The zero-order chi connectivity index (χ0) is 13.9. The highest BCUT2D eigenvalue weighted by Crippen LogP contribution is 2.40. The number of fused-ring (bicyclic) bond motifs is 1. The summed E-state index contributed by atoms with van der Waals surface area (Å²) in [5.74, 6) is 1.69. The van der Waals surface area contributed by atoms with Crippen molar-refractivity contribution in [3.8, 4) is 0 Å². The van der Waals surface area contributed by atoms with Crippen LogP contribution in [0.4, 0.5) is 0 Å². The van der Waals surface area contributed by atoms with Crippen molar-refractivity contribution in [1.82, 2.24) is 5.32 Å². The Balaban J connectivity index is 1.93. The SMILES string of the molecule is CCNC(c1csc2ccccc12)C1CCCC(C)C1. The largest absolute Gasteiger partial charge is 0.310 e. The third-order valence-electron chi connectivity index (χ3n) is 4.72. The molecule has 0 radical (unpaired) electrons. The highest BCUT2D eigenvalue weighted by atomic mass is 32.1. The second kappa shape index (κ2) is 6.28. The van der Waals surface area contributed by atoms with Gasteiger partial charge in [-0.05, 0) is 53.6 Å². The first-order valence-corrected chi connectivity index (χ1v) is 8.87. The lowest BCUT2D eigenvalue weighted by atomic mass is 9.76. The lowest BCUT2D eigenvalue weighted by Crippen LogP contribution is -2.31. The van der Waals surface area contributed by atoms with E-state index in [0.29, 0.717) is 6.04 Å². The van der Waals surface area contributed by atoms with E-state index in [1.54, 1.807) is 0 Å². The molecule has 1 nitrogen and oxygen atoms in total. The standard InChI is InChI=1S/C18H25NS/c1-3-19-18(14-8-6-7-13(2)11-14)16-12-20-17-10-5-4-9-15(16)17/h4-5,9-10,12-14,18-19H,3,6-8,11H2,1-2H3. The van der Waals surface area contributed by atoms with Crippen LogP contribution in [-0.4, -0.2) is 6.54 Å². The van der Waals surface area contributed by atoms with Gasteiger partial charge in [0.05, 0.1) is 0 Å². The molecule has 3 atom stereocenters. The van der Waals surface area contributed by atoms with Crippen molar-refractivity contribution >= 4 is 21.4 Å². The zero-order valence-corrected chi connectivity index (χ0v) is 13.4. The minimum Gasteiger partial charge on any atom is -0.310 e. The fourth-order valence-corrected chi connectivity index (χ4v) is 4.77. The molecule has 1 N–H and O–H groups in total. The summed E-state index contributed by atoms with van der Waals surface area (Å²) >= 11 is 1.89. The average Bonchev–Trinajstić information content (AvgIpc) is 2.88. The molecule has 0 bridgehead atoms. The van der Waals surface area contributed by atoms with E-state index in [0.717, 1.165) is 18.4 Å². The van der Waals surface area contributed by atoms with Gasteiger partial charge in [0.25, 0.3) is 0 Å². The van der Waals surface area contributed by atoms with E-state index in [1.165, 1.54) is 41.3 Å². The van der Waals surface area contributed by atoms with Crippen LogP contribution < -0.4 is 5.32 Å². The summed E-state index contributed by atoms with van der Waals surface area (Å²) in [6, 6.07) is 9.39. The van der Waals surface area contributed by atoms with Crippen LogP contribution in [0, 0.1) is 11.8 Å². The van der Waals surface area contributed by atoms with E-state index < -0.39 is 0 Å². The Morgan fingerprint density at radius 3 is 2.95 bits per heavy atom. The molecule has 0 saturated heterocycles. The summed E-state index contributed by atoms with van der Waals surface area (Å²) in [6.45, 7) is 5.70. The average molecular weight is 287 g/mol. The van der Waals surface area contributed by atoms with E-state index in [1.807, 2.05) is 11.3 Å². The van der Waals surface area contributed by atoms with Crippen molar-refractivity contribution < 1.29 is 0 Å². The molecule has 2 aromatic rings. The van der Waals surface area contributed by atoms with Crippen LogP contribution in [0.3, 0.4) is 0 Å². The molecule has 0 amide bonds. The van der Waals surface area contributed by atoms with E-state index >= 15 is 0 Å². The van der Waals surface area contributed by atoms with Crippen LogP contribution in [0.1, 0.15) is 51.1 Å². The van der Waals surface area contributed by atoms with Crippen molar-refractivity contribution in [3.05, 3.63) is 35.2 Å². The predicted molar refractivity (Wildman–Crippen MR) is 89.4 cm³/mol. The molecule has 3 rings (SSSR count). The predicted octanol–water partition coefficient (Wildman–Crippen LogP) is 5.38. The van der Waals surface area contributed by atoms with Gasteiger partial charge in [0, 0.05) is 10.7 Å². The van der Waals surface area contributed by atoms with Crippen molar-refractivity contribution in [3.63, 3.8) is 0 Å². The van der Waals surface area contributed by atoms with Crippen LogP contribution in [0.5, 0.6) is 0 Å². The summed E-state index contributed by atoms with van der Waals surface area (Å²) in [5.41, 5.74) is 1.53. The molecule has 3 unspecified atom stereocenters. The third-order valence-corrected chi connectivity index (χ3v) is 5.70. The van der Waals surface area contributed by atoms with Crippen LogP contribution in [0.2, 0.25) is 0 Å². The van der Waals surface area contributed by atoms with E-state index in [2.05, 4.69) is 48.8 Å². The van der Waals surface area contributed by atoms with Gasteiger partial charge in [0.1, 0.15) is 0 Å². The van der Waals surface area contributed by atoms with Crippen LogP contribution >= 0.6 is 11.3 Å². The summed E-state index contributed by atoms with van der Waals surface area (Å²) in [7, 11) is 0. The molecule has 1 saturated carbocycles. The van der Waals surface area contributed by atoms with Gasteiger partial charge < -0.3 is 5.32 Å². The first-order chi connectivity index (χ1) is 9.79. The van der Waals surface area contributed by atoms with Gasteiger partial charge in [-0.15, -0.1) is 11.3 Å². The molecule has 1 aliphatic rings. The number of hydrogen-bond acceptors (Lipinski definition) is 2. The minimum atomic E-state index is 0.541. The van der Waals surface area contributed by atoms with Crippen molar-refractivity contribution in [2.45, 2.75) is 45.6 Å². The summed E-state index contributed by atoms with van der Waals surface area (Å²) < 4.78 is 1.43. The first kappa shape index (κ1) is 14.1. The molecule has 1 aliphatic carbocycles. The van der Waals surface area contributed by atoms with Crippen molar-refractivity contribution in [2.24, 2.45) is 11.8 Å². The Kier molecular flexibility index (Phi) is 4.42. The fraction of sp³-hybridized carbons (Fsp3) is 0.556. The Hall–Kier alpha value is -0.860. The highest BCUT2D eigenvalue weighted by Gasteiger charge is 2.28. The molecule has 1 heterocycles. The smallest absolute Gasteiger partial charge is 0.0363 e. The van der Waals surface area contributed by atoms with E-state index in [-0.39, 0.29) is 0 Å². The molecule has 1 fully saturated rings. The Morgan fingerprint density at radius 2 is 2.15 bits per heavy atom. The topological polar surface area (TPSA) is 12.0 Å². The van der Waals surface area contributed by atoms with E-state index in [9.17, 15) is 0 Å². The molecule has 1 aromatic carbocycles. The quantitative estimate of drug-likeness (QED) is 0.796. The second-order valence-electron chi connectivity index (χ2n) is 6.25. The maximum absolute atomic E-state index is 3.77. The van der Waals surface area contributed by atoms with Gasteiger partial charge in [-0.3, -0.25) is 0 Å². The summed E-state index contributed by atoms with van der Waals surface area (Å²) in [6.07, 6.45) is 5.57. The van der Waals surface area contributed by atoms with Crippen LogP contribution in [0.25, 0.3) is 10.1 Å². The third kappa shape index (κ3) is 2.77. The number of nitrogens with one attached hydrogen (secondary N) is 1. The molecule has 0 spiro atoms. The molecular formula is C18H25NS.